The van der Waals surface area contributed by atoms with Crippen LogP contribution in [0.5, 0.6) is 0 Å². The van der Waals surface area contributed by atoms with Crippen LogP contribution in [0.1, 0.15) is 34.9 Å². The van der Waals surface area contributed by atoms with Crippen LogP contribution in [0.15, 0.2) is 24.3 Å². The highest BCUT2D eigenvalue weighted by molar-refractivity contribution is 7.18. The number of anilines is 1. The van der Waals surface area contributed by atoms with E-state index in [4.69, 9.17) is 16.3 Å². The summed E-state index contributed by atoms with van der Waals surface area (Å²) in [4.78, 5) is 23.1. The number of H-pyrrole nitrogens is 1. The quantitative estimate of drug-likeness (QED) is 0.656. The number of rotatable bonds is 4. The topological polar surface area (TPSA) is 70.2 Å². The number of hydrogen-bond donors (Lipinski definition) is 2. The summed E-state index contributed by atoms with van der Waals surface area (Å²) < 4.78 is 6.88. The Morgan fingerprint density at radius 2 is 2.07 bits per heavy atom. The second-order valence-electron chi connectivity index (χ2n) is 7.27. The molecule has 0 spiro atoms. The Bertz CT molecular complexity index is 1000. The van der Waals surface area contributed by atoms with Crippen LogP contribution >= 0.6 is 22.9 Å². The molecule has 3 aromatic rings. The number of halogens is 1. The van der Waals surface area contributed by atoms with Crippen molar-refractivity contribution in [1.82, 2.24) is 14.9 Å². The number of aryl methyl sites for hydroxylation is 1. The molecule has 1 aromatic carbocycles. The van der Waals surface area contributed by atoms with Gasteiger partial charge in [0.15, 0.2) is 0 Å². The second-order valence-corrected chi connectivity index (χ2v) is 8.88. The minimum Gasteiger partial charge on any atom is -0.373 e. The zero-order valence-corrected chi connectivity index (χ0v) is 17.7. The lowest BCUT2D eigenvalue weighted by Gasteiger charge is -2.35. The monoisotopic (exact) mass is 418 g/mol. The van der Waals surface area contributed by atoms with Crippen LogP contribution in [0.3, 0.4) is 0 Å². The number of carbonyl (C=O) groups is 1. The van der Waals surface area contributed by atoms with Crippen molar-refractivity contribution in [1.29, 1.82) is 0 Å². The van der Waals surface area contributed by atoms with Crippen LogP contribution in [0.2, 0.25) is 5.02 Å². The van der Waals surface area contributed by atoms with Gasteiger partial charge in [0.1, 0.15) is 11.3 Å². The van der Waals surface area contributed by atoms with Gasteiger partial charge in [0.25, 0.3) is 5.91 Å². The van der Waals surface area contributed by atoms with E-state index in [1.807, 2.05) is 19.1 Å². The maximum Gasteiger partial charge on any atom is 0.272 e. The predicted octanol–water partition coefficient (Wildman–Crippen LogP) is 4.45. The number of nitrogens with zero attached hydrogens (tertiary/aromatic N) is 2. The number of nitrogens with one attached hydrogen (secondary N) is 2. The van der Waals surface area contributed by atoms with Gasteiger partial charge in [0.2, 0.25) is 0 Å². The summed E-state index contributed by atoms with van der Waals surface area (Å²) in [6, 6.07) is 7.23. The molecular weight excluding hydrogens is 396 g/mol. The summed E-state index contributed by atoms with van der Waals surface area (Å²) in [6.07, 6.45) is 0.337. The average molecular weight is 419 g/mol. The number of hydrogen-bond acceptors (Lipinski definition) is 5. The standard InChI is InChI=1S/C20H23ClN4O2S/c1-11-8-25(9-12(2)27-11)10-14-17(24-19-18(14)28-13(3)22-19)20(26)23-16-7-5-4-6-15(16)21/h4-7,11-12,24H,8-10H2,1-3H3,(H,23,26)/t11-,12+. The first-order valence-electron chi connectivity index (χ1n) is 9.32. The number of aromatic amines is 1. The number of carbonyl (C=O) groups excluding carboxylic acids is 1. The van der Waals surface area contributed by atoms with E-state index in [2.05, 4.69) is 34.0 Å². The molecular formula is C20H23ClN4O2S. The number of thiazole rings is 1. The highest BCUT2D eigenvalue weighted by Crippen LogP contribution is 2.31. The molecule has 148 valence electrons. The number of benzene rings is 1. The van der Waals surface area contributed by atoms with Gasteiger partial charge in [-0.2, -0.15) is 0 Å². The van der Waals surface area contributed by atoms with Crippen molar-refractivity contribution in [3.63, 3.8) is 0 Å². The third-order valence-corrected chi connectivity index (χ3v) is 6.14. The number of para-hydroxylation sites is 1. The first kappa shape index (κ1) is 19.4. The van der Waals surface area contributed by atoms with E-state index in [9.17, 15) is 4.79 Å². The fraction of sp³-hybridized carbons (Fsp3) is 0.400. The van der Waals surface area contributed by atoms with Gasteiger partial charge in [0, 0.05) is 25.2 Å². The molecule has 6 nitrogen and oxygen atoms in total. The molecule has 1 aliphatic heterocycles. The van der Waals surface area contributed by atoms with E-state index in [0.29, 0.717) is 22.9 Å². The Hall–Kier alpha value is -1.93. The number of amides is 1. The summed E-state index contributed by atoms with van der Waals surface area (Å²) in [6.45, 7) is 8.48. The molecule has 1 aliphatic rings. The lowest BCUT2D eigenvalue weighted by atomic mass is 10.1. The molecule has 2 aromatic heterocycles. The van der Waals surface area contributed by atoms with Crippen molar-refractivity contribution >= 4 is 44.9 Å². The third-order valence-electron chi connectivity index (χ3n) is 4.78. The van der Waals surface area contributed by atoms with Crippen molar-refractivity contribution in [2.24, 2.45) is 0 Å². The van der Waals surface area contributed by atoms with Crippen LogP contribution in [0.25, 0.3) is 10.3 Å². The molecule has 0 bridgehead atoms. The molecule has 0 saturated carbocycles. The Balaban J connectivity index is 1.66. The van der Waals surface area contributed by atoms with Gasteiger partial charge in [-0.25, -0.2) is 4.98 Å². The maximum atomic E-state index is 13.0. The SMILES string of the molecule is Cc1nc2[nH]c(C(=O)Nc3ccccc3Cl)c(CN3C[C@@H](C)O[C@@H](C)C3)c2s1. The molecule has 2 N–H and O–H groups in total. The smallest absolute Gasteiger partial charge is 0.272 e. The molecule has 1 saturated heterocycles. The zero-order chi connectivity index (χ0) is 19.8. The number of aromatic nitrogens is 2. The van der Waals surface area contributed by atoms with Crippen molar-refractivity contribution in [2.45, 2.75) is 39.5 Å². The van der Waals surface area contributed by atoms with Gasteiger partial charge in [-0.1, -0.05) is 23.7 Å². The van der Waals surface area contributed by atoms with E-state index in [1.54, 1.807) is 23.5 Å². The van der Waals surface area contributed by atoms with Crippen LogP contribution in [0, 0.1) is 6.92 Å². The predicted molar refractivity (Wildman–Crippen MR) is 113 cm³/mol. The number of fused-ring (bicyclic) bond motifs is 1. The normalized spacial score (nSPS) is 20.6. The second kappa shape index (κ2) is 7.83. The minimum absolute atomic E-state index is 0.168. The number of ether oxygens (including phenoxy) is 1. The van der Waals surface area contributed by atoms with Gasteiger partial charge in [-0.3, -0.25) is 9.69 Å². The molecule has 1 fully saturated rings. The first-order chi connectivity index (χ1) is 13.4. The van der Waals surface area contributed by atoms with Gasteiger partial charge in [0.05, 0.1) is 32.6 Å². The summed E-state index contributed by atoms with van der Waals surface area (Å²) in [5.41, 5.74) is 2.87. The number of morpholine rings is 1. The molecule has 28 heavy (non-hydrogen) atoms. The molecule has 0 unspecified atom stereocenters. The van der Waals surface area contributed by atoms with E-state index in [-0.39, 0.29) is 18.1 Å². The molecule has 0 radical (unpaired) electrons. The Kier molecular flexibility index (Phi) is 5.42. The summed E-state index contributed by atoms with van der Waals surface area (Å²) >= 11 is 7.81. The summed E-state index contributed by atoms with van der Waals surface area (Å²) in [5, 5.41) is 4.40. The van der Waals surface area contributed by atoms with E-state index in [0.717, 1.165) is 34.0 Å². The molecule has 0 aliphatic carbocycles. The highest BCUT2D eigenvalue weighted by atomic mass is 35.5. The molecule has 1 amide bonds. The van der Waals surface area contributed by atoms with Crippen molar-refractivity contribution < 1.29 is 9.53 Å². The average Bonchev–Trinajstić information content (AvgIpc) is 3.13. The lowest BCUT2D eigenvalue weighted by Crippen LogP contribution is -2.45. The van der Waals surface area contributed by atoms with Gasteiger partial charge < -0.3 is 15.0 Å². The van der Waals surface area contributed by atoms with E-state index < -0.39 is 0 Å². The van der Waals surface area contributed by atoms with Crippen molar-refractivity contribution in [3.05, 3.63) is 45.6 Å². The largest absolute Gasteiger partial charge is 0.373 e. The van der Waals surface area contributed by atoms with Gasteiger partial charge in [-0.05, 0) is 32.9 Å². The fourth-order valence-electron chi connectivity index (χ4n) is 3.75. The van der Waals surface area contributed by atoms with Gasteiger partial charge in [-0.15, -0.1) is 11.3 Å². The van der Waals surface area contributed by atoms with Crippen LogP contribution in [-0.4, -0.2) is 46.1 Å². The van der Waals surface area contributed by atoms with Crippen molar-refractivity contribution in [2.75, 3.05) is 18.4 Å². The van der Waals surface area contributed by atoms with E-state index in [1.165, 1.54) is 0 Å². The Labute approximate surface area is 172 Å². The Morgan fingerprint density at radius 1 is 1.36 bits per heavy atom. The molecule has 2 atom stereocenters. The van der Waals surface area contributed by atoms with Gasteiger partial charge >= 0.3 is 0 Å². The summed E-state index contributed by atoms with van der Waals surface area (Å²) in [7, 11) is 0. The summed E-state index contributed by atoms with van der Waals surface area (Å²) in [5.74, 6) is -0.208. The van der Waals surface area contributed by atoms with Crippen LogP contribution < -0.4 is 5.32 Å². The Morgan fingerprint density at radius 3 is 2.79 bits per heavy atom. The first-order valence-corrected chi connectivity index (χ1v) is 10.5. The molecule has 3 heterocycles. The fourth-order valence-corrected chi connectivity index (χ4v) is 4.85. The van der Waals surface area contributed by atoms with Crippen LogP contribution in [0.4, 0.5) is 5.69 Å². The third kappa shape index (κ3) is 3.93. The zero-order valence-electron chi connectivity index (χ0n) is 16.1. The van der Waals surface area contributed by atoms with E-state index >= 15 is 0 Å². The van der Waals surface area contributed by atoms with Crippen LogP contribution in [-0.2, 0) is 11.3 Å². The lowest BCUT2D eigenvalue weighted by molar-refractivity contribution is -0.0704. The van der Waals surface area contributed by atoms with Crippen molar-refractivity contribution in [3.8, 4) is 0 Å². The minimum atomic E-state index is -0.208. The maximum absolute atomic E-state index is 13.0. The molecule has 4 rings (SSSR count). The highest BCUT2D eigenvalue weighted by Gasteiger charge is 2.27. The molecule has 8 heteroatoms.